The number of rotatable bonds is 6. The Bertz CT molecular complexity index is 349. The number of allylic oxidation sites excluding steroid dienone is 5. The van der Waals surface area contributed by atoms with Gasteiger partial charge in [-0.05, 0) is 32.1 Å². The Kier molecular flexibility index (Phi) is 4.81. The molecule has 1 aliphatic rings. The first-order valence-electron chi connectivity index (χ1n) is 5.58. The van der Waals surface area contributed by atoms with Gasteiger partial charge in [-0.15, -0.1) is 0 Å². The minimum absolute atomic E-state index is 0.351. The first-order valence-corrected chi connectivity index (χ1v) is 5.96. The van der Waals surface area contributed by atoms with Crippen LogP contribution in [0.3, 0.4) is 0 Å². The third-order valence-corrected chi connectivity index (χ3v) is 3.19. The van der Waals surface area contributed by atoms with Gasteiger partial charge in [0.05, 0.1) is 10.7 Å². The highest BCUT2D eigenvalue weighted by molar-refractivity contribution is 6.46. The van der Waals surface area contributed by atoms with E-state index in [1.807, 2.05) is 14.0 Å². The maximum Gasteiger partial charge on any atom is 0.0812 e. The minimum atomic E-state index is 0.351. The Balaban J connectivity index is 2.93. The molecule has 16 heavy (non-hydrogen) atoms. The summed E-state index contributed by atoms with van der Waals surface area (Å²) in [6.45, 7) is 5.60. The largest absolute Gasteiger partial charge is 0.391 e. The fourth-order valence-electron chi connectivity index (χ4n) is 1.61. The summed E-state index contributed by atoms with van der Waals surface area (Å²) < 4.78 is 0. The van der Waals surface area contributed by atoms with E-state index in [4.69, 9.17) is 17.0 Å². The average molecular weight is 239 g/mol. The van der Waals surface area contributed by atoms with Crippen molar-refractivity contribution in [2.24, 2.45) is 5.92 Å². The molecule has 1 fully saturated rings. The molecule has 0 saturated heterocycles. The lowest BCUT2D eigenvalue weighted by Crippen LogP contribution is -2.14. The zero-order chi connectivity index (χ0) is 12.1. The third kappa shape index (κ3) is 3.24. The van der Waals surface area contributed by atoms with Gasteiger partial charge in [0.2, 0.25) is 0 Å². The zero-order valence-corrected chi connectivity index (χ0v) is 10.7. The van der Waals surface area contributed by atoms with E-state index in [2.05, 4.69) is 11.9 Å². The molecule has 0 radical (unpaired) electrons. The van der Waals surface area contributed by atoms with Gasteiger partial charge in [0, 0.05) is 18.3 Å². The molecule has 1 rings (SSSR count). The van der Waals surface area contributed by atoms with Crippen LogP contribution in [0.15, 0.2) is 35.0 Å². The van der Waals surface area contributed by atoms with E-state index in [0.717, 1.165) is 23.6 Å². The van der Waals surface area contributed by atoms with Crippen molar-refractivity contribution < 1.29 is 0 Å². The standard InChI is InChI=1S/C13H19ClN2/c1-4-10(13(15)11(14)5-2)12(16-3)8-9-6-7-9/h4-5,9,15-16H,1,6-8H2,2-3H3/b11-5+,12-10+,15-13?. The van der Waals surface area contributed by atoms with Crippen LogP contribution in [0.5, 0.6) is 0 Å². The highest BCUT2D eigenvalue weighted by Gasteiger charge is 2.24. The molecule has 0 atom stereocenters. The summed E-state index contributed by atoms with van der Waals surface area (Å²) in [4.78, 5) is 0. The second-order valence-electron chi connectivity index (χ2n) is 4.01. The number of halogens is 1. The van der Waals surface area contributed by atoms with E-state index in [1.165, 1.54) is 12.8 Å². The lowest BCUT2D eigenvalue weighted by Gasteiger charge is -2.12. The Morgan fingerprint density at radius 1 is 1.56 bits per heavy atom. The SMILES string of the molecule is C=C/C(C(=N)/C(Cl)=C\C)=C(/CC1CC1)NC. The van der Waals surface area contributed by atoms with E-state index < -0.39 is 0 Å². The average Bonchev–Trinajstić information content (AvgIpc) is 3.11. The fraction of sp³-hybridized carbons (Fsp3) is 0.462. The van der Waals surface area contributed by atoms with Gasteiger partial charge in [0.1, 0.15) is 0 Å². The summed E-state index contributed by atoms with van der Waals surface area (Å²) in [5.41, 5.74) is 2.24. The predicted octanol–water partition coefficient (Wildman–Crippen LogP) is 3.61. The van der Waals surface area contributed by atoms with Gasteiger partial charge in [-0.1, -0.05) is 30.3 Å². The molecule has 0 unspecified atom stereocenters. The first kappa shape index (κ1) is 13.0. The Morgan fingerprint density at radius 3 is 2.56 bits per heavy atom. The van der Waals surface area contributed by atoms with Gasteiger partial charge in [-0.3, -0.25) is 5.41 Å². The molecule has 0 amide bonds. The van der Waals surface area contributed by atoms with Crippen LogP contribution in [-0.2, 0) is 0 Å². The molecule has 0 aromatic rings. The van der Waals surface area contributed by atoms with Crippen LogP contribution in [0.2, 0.25) is 0 Å². The smallest absolute Gasteiger partial charge is 0.0812 e. The molecule has 88 valence electrons. The summed E-state index contributed by atoms with van der Waals surface area (Å²) >= 11 is 5.97. The van der Waals surface area contributed by atoms with Crippen LogP contribution in [0.25, 0.3) is 0 Å². The van der Waals surface area contributed by atoms with Gasteiger partial charge in [0.25, 0.3) is 0 Å². The summed E-state index contributed by atoms with van der Waals surface area (Å²) in [7, 11) is 1.89. The van der Waals surface area contributed by atoms with Gasteiger partial charge in [0.15, 0.2) is 0 Å². The fourth-order valence-corrected chi connectivity index (χ4v) is 1.71. The Labute approximate surface area is 103 Å². The Hall–Kier alpha value is -1.02. The number of hydrogen-bond donors (Lipinski definition) is 2. The lowest BCUT2D eigenvalue weighted by molar-refractivity contribution is 0.754. The molecule has 0 aromatic carbocycles. The van der Waals surface area contributed by atoms with Gasteiger partial charge >= 0.3 is 0 Å². The zero-order valence-electron chi connectivity index (χ0n) is 9.94. The third-order valence-electron chi connectivity index (χ3n) is 2.78. The van der Waals surface area contributed by atoms with Crippen molar-refractivity contribution in [2.75, 3.05) is 7.05 Å². The molecule has 0 aromatic heterocycles. The summed E-state index contributed by atoms with van der Waals surface area (Å²) in [5, 5.41) is 11.6. The van der Waals surface area contributed by atoms with Gasteiger partial charge < -0.3 is 5.32 Å². The maximum atomic E-state index is 7.98. The maximum absolute atomic E-state index is 7.98. The van der Waals surface area contributed by atoms with Crippen molar-refractivity contribution in [3.8, 4) is 0 Å². The van der Waals surface area contributed by atoms with Crippen LogP contribution < -0.4 is 5.32 Å². The molecule has 0 aliphatic heterocycles. The molecule has 1 aliphatic carbocycles. The van der Waals surface area contributed by atoms with E-state index >= 15 is 0 Å². The van der Waals surface area contributed by atoms with Crippen LogP contribution in [-0.4, -0.2) is 12.8 Å². The highest BCUT2D eigenvalue weighted by atomic mass is 35.5. The van der Waals surface area contributed by atoms with Crippen molar-refractivity contribution in [3.63, 3.8) is 0 Å². The molecule has 3 heteroatoms. The van der Waals surface area contributed by atoms with E-state index in [1.54, 1.807) is 12.2 Å². The van der Waals surface area contributed by atoms with Crippen molar-refractivity contribution in [1.82, 2.24) is 5.32 Å². The molecule has 2 N–H and O–H groups in total. The molecule has 1 saturated carbocycles. The van der Waals surface area contributed by atoms with E-state index in [-0.39, 0.29) is 0 Å². The van der Waals surface area contributed by atoms with Gasteiger partial charge in [-0.25, -0.2) is 0 Å². The number of nitrogens with one attached hydrogen (secondary N) is 2. The summed E-state index contributed by atoms with van der Waals surface area (Å²) in [6, 6.07) is 0. The molecule has 0 heterocycles. The van der Waals surface area contributed by atoms with Crippen LogP contribution in [0.4, 0.5) is 0 Å². The molecular weight excluding hydrogens is 220 g/mol. The van der Waals surface area contributed by atoms with Crippen molar-refractivity contribution in [1.29, 1.82) is 5.41 Å². The summed E-state index contributed by atoms with van der Waals surface area (Å²) in [6.07, 6.45) is 7.02. The van der Waals surface area contributed by atoms with E-state index in [9.17, 15) is 0 Å². The van der Waals surface area contributed by atoms with Gasteiger partial charge in [-0.2, -0.15) is 0 Å². The lowest BCUT2D eigenvalue weighted by atomic mass is 10.0. The monoisotopic (exact) mass is 238 g/mol. The van der Waals surface area contributed by atoms with Crippen molar-refractivity contribution in [2.45, 2.75) is 26.2 Å². The minimum Gasteiger partial charge on any atom is -0.391 e. The summed E-state index contributed by atoms with van der Waals surface area (Å²) in [5.74, 6) is 0.773. The topological polar surface area (TPSA) is 35.9 Å². The van der Waals surface area contributed by atoms with Crippen LogP contribution >= 0.6 is 11.6 Å². The first-order chi connectivity index (χ1) is 7.63. The second-order valence-corrected chi connectivity index (χ2v) is 4.41. The Morgan fingerprint density at radius 2 is 2.19 bits per heavy atom. The van der Waals surface area contributed by atoms with Crippen molar-refractivity contribution >= 4 is 17.3 Å². The molecular formula is C13H19ClN2. The van der Waals surface area contributed by atoms with E-state index in [0.29, 0.717) is 10.7 Å². The van der Waals surface area contributed by atoms with Crippen LogP contribution in [0, 0.1) is 11.3 Å². The molecule has 0 spiro atoms. The highest BCUT2D eigenvalue weighted by Crippen LogP contribution is 2.35. The van der Waals surface area contributed by atoms with Crippen LogP contribution in [0.1, 0.15) is 26.2 Å². The molecule has 2 nitrogen and oxygen atoms in total. The quantitative estimate of drug-likeness (QED) is 0.538. The number of hydrogen-bond acceptors (Lipinski definition) is 2. The molecule has 0 bridgehead atoms. The second kappa shape index (κ2) is 5.90. The normalized spacial score (nSPS) is 17.8. The predicted molar refractivity (Wildman–Crippen MR) is 71.0 cm³/mol. The van der Waals surface area contributed by atoms with Crippen molar-refractivity contribution in [3.05, 3.63) is 35.0 Å².